The van der Waals surface area contributed by atoms with Crippen molar-refractivity contribution in [3.05, 3.63) is 82.6 Å². The number of rotatable bonds is 4. The number of ether oxygens (including phenoxy) is 2. The third-order valence-electron chi connectivity index (χ3n) is 10.4. The molecule has 0 unspecified atom stereocenters. The van der Waals surface area contributed by atoms with E-state index < -0.39 is 27.3 Å². The SMILES string of the molecule is C=C(CC[C@H]1CC/C=C/[C@H](O)[C@@H]2CC[C@H]2CN2C[C@@]3(CCCc4cc(Cl)ccc43)COc3ccc(cc32)C(=O)NS1(=O)=O)OC. The van der Waals surface area contributed by atoms with Gasteiger partial charge >= 0.3 is 0 Å². The van der Waals surface area contributed by atoms with Gasteiger partial charge in [-0.2, -0.15) is 0 Å². The molecule has 2 N–H and O–H groups in total. The number of nitrogens with one attached hydrogen (secondary N) is 1. The number of nitrogens with zero attached hydrogens (tertiary/aromatic N) is 1. The number of carbonyl (C=O) groups excluding carboxylic acids is 1. The second-order valence-electron chi connectivity index (χ2n) is 13.2. The number of sulfonamides is 1. The summed E-state index contributed by atoms with van der Waals surface area (Å²) >= 11 is 6.40. The molecule has 10 heteroatoms. The first kappa shape index (κ1) is 32.0. The smallest absolute Gasteiger partial charge is 0.264 e. The van der Waals surface area contributed by atoms with E-state index in [1.54, 1.807) is 18.2 Å². The Balaban J connectivity index is 1.38. The predicted molar refractivity (Wildman–Crippen MR) is 176 cm³/mol. The van der Waals surface area contributed by atoms with Crippen LogP contribution in [0, 0.1) is 11.8 Å². The van der Waals surface area contributed by atoms with Crippen molar-refractivity contribution in [1.29, 1.82) is 0 Å². The van der Waals surface area contributed by atoms with Gasteiger partial charge in [-0.25, -0.2) is 13.1 Å². The number of amides is 1. The first-order valence-corrected chi connectivity index (χ1v) is 17.9. The van der Waals surface area contributed by atoms with Crippen molar-refractivity contribution in [3.8, 4) is 5.75 Å². The molecule has 2 heterocycles. The Labute approximate surface area is 271 Å². The first-order chi connectivity index (χ1) is 21.6. The molecule has 2 aliphatic carbocycles. The van der Waals surface area contributed by atoms with E-state index in [0.717, 1.165) is 42.8 Å². The molecule has 2 aliphatic heterocycles. The van der Waals surface area contributed by atoms with Gasteiger partial charge in [0.05, 0.1) is 36.5 Å². The number of aliphatic hydroxyl groups is 1. The van der Waals surface area contributed by atoms with E-state index in [9.17, 15) is 18.3 Å². The average Bonchev–Trinajstić information content (AvgIpc) is 3.14. The second-order valence-corrected chi connectivity index (χ2v) is 15.6. The lowest BCUT2D eigenvalue weighted by Crippen LogP contribution is -2.49. The van der Waals surface area contributed by atoms with Crippen LogP contribution in [0.15, 0.2) is 60.9 Å². The first-order valence-electron chi connectivity index (χ1n) is 16.0. The fraction of sp³-hybridized carbons (Fsp3) is 0.514. The molecule has 0 aromatic heterocycles. The zero-order valence-electron chi connectivity index (χ0n) is 25.8. The summed E-state index contributed by atoms with van der Waals surface area (Å²) in [6.45, 7) is 5.69. The van der Waals surface area contributed by atoms with Crippen molar-refractivity contribution in [3.63, 3.8) is 0 Å². The predicted octanol–water partition coefficient (Wildman–Crippen LogP) is 5.92. The van der Waals surface area contributed by atoms with Gasteiger partial charge in [0.2, 0.25) is 10.0 Å². The Kier molecular flexibility index (Phi) is 9.24. The zero-order valence-corrected chi connectivity index (χ0v) is 27.4. The monoisotopic (exact) mass is 654 g/mol. The van der Waals surface area contributed by atoms with E-state index in [-0.39, 0.29) is 29.2 Å². The molecule has 45 heavy (non-hydrogen) atoms. The molecule has 6 rings (SSSR count). The van der Waals surface area contributed by atoms with Crippen molar-refractivity contribution >= 4 is 33.2 Å². The van der Waals surface area contributed by atoms with Crippen LogP contribution >= 0.6 is 11.6 Å². The fourth-order valence-electron chi connectivity index (χ4n) is 7.62. The van der Waals surface area contributed by atoms with Gasteiger partial charge in [-0.05, 0) is 105 Å². The molecular formula is C35H43ClN2O6S. The maximum absolute atomic E-state index is 13.5. The number of fused-ring (bicyclic) bond motifs is 4. The maximum atomic E-state index is 13.5. The fourth-order valence-corrected chi connectivity index (χ4v) is 9.23. The van der Waals surface area contributed by atoms with Crippen molar-refractivity contribution in [2.45, 2.75) is 74.6 Å². The van der Waals surface area contributed by atoms with Crippen LogP contribution in [0.3, 0.4) is 0 Å². The molecule has 5 atom stereocenters. The summed E-state index contributed by atoms with van der Waals surface area (Å²) in [4.78, 5) is 15.9. The third-order valence-corrected chi connectivity index (χ3v) is 12.4. The topological polar surface area (TPSA) is 105 Å². The quantitative estimate of drug-likeness (QED) is 0.312. The van der Waals surface area contributed by atoms with E-state index in [1.165, 1.54) is 18.2 Å². The van der Waals surface area contributed by atoms with Crippen LogP contribution in [0.5, 0.6) is 5.75 Å². The summed E-state index contributed by atoms with van der Waals surface area (Å²) in [5, 5.41) is 11.1. The number of methoxy groups -OCH3 is 1. The lowest BCUT2D eigenvalue weighted by atomic mass is 9.68. The van der Waals surface area contributed by atoms with Gasteiger partial charge in [-0.1, -0.05) is 36.4 Å². The molecule has 0 saturated heterocycles. The number of hydrogen-bond donors (Lipinski definition) is 2. The Morgan fingerprint density at radius 2 is 2.07 bits per heavy atom. The summed E-state index contributed by atoms with van der Waals surface area (Å²) < 4.78 is 41.2. The number of benzene rings is 2. The maximum Gasteiger partial charge on any atom is 0.264 e. The van der Waals surface area contributed by atoms with Crippen LogP contribution in [-0.2, 0) is 26.6 Å². The molecule has 242 valence electrons. The highest BCUT2D eigenvalue weighted by molar-refractivity contribution is 7.90. The van der Waals surface area contributed by atoms with Crippen molar-refractivity contribution < 1.29 is 27.8 Å². The molecule has 1 saturated carbocycles. The lowest BCUT2D eigenvalue weighted by Gasteiger charge is -2.45. The molecule has 4 aliphatic rings. The minimum absolute atomic E-state index is 0.103. The molecule has 2 aromatic rings. The molecule has 1 spiro atoms. The summed E-state index contributed by atoms with van der Waals surface area (Å²) in [5.74, 6) is 0.856. The molecule has 1 amide bonds. The number of carbonyl (C=O) groups is 1. The van der Waals surface area contributed by atoms with Crippen molar-refractivity contribution in [1.82, 2.24) is 4.72 Å². The van der Waals surface area contributed by atoms with Crippen LogP contribution in [-0.4, -0.2) is 57.6 Å². The van der Waals surface area contributed by atoms with Crippen LogP contribution in [0.1, 0.15) is 72.9 Å². The number of halogens is 1. The Hall–Kier alpha value is -3.01. The van der Waals surface area contributed by atoms with Crippen molar-refractivity contribution in [2.75, 3.05) is 31.7 Å². The van der Waals surface area contributed by atoms with E-state index >= 15 is 0 Å². The molecule has 0 radical (unpaired) electrons. The van der Waals surface area contributed by atoms with Crippen LogP contribution in [0.25, 0.3) is 0 Å². The highest BCUT2D eigenvalue weighted by atomic mass is 35.5. The highest BCUT2D eigenvalue weighted by Gasteiger charge is 2.44. The molecule has 2 aromatic carbocycles. The van der Waals surface area contributed by atoms with Gasteiger partial charge in [-0.15, -0.1) is 0 Å². The van der Waals surface area contributed by atoms with Gasteiger partial charge in [0.15, 0.2) is 0 Å². The molecule has 2 bridgehead atoms. The van der Waals surface area contributed by atoms with Gasteiger partial charge in [0.1, 0.15) is 5.75 Å². The summed E-state index contributed by atoms with van der Waals surface area (Å²) in [6, 6.07) is 11.3. The van der Waals surface area contributed by atoms with Gasteiger partial charge in [0.25, 0.3) is 5.91 Å². The van der Waals surface area contributed by atoms with E-state index in [4.69, 9.17) is 21.1 Å². The Morgan fingerprint density at radius 1 is 1.22 bits per heavy atom. The Bertz CT molecular complexity index is 1590. The minimum Gasteiger partial charge on any atom is -0.502 e. The van der Waals surface area contributed by atoms with Crippen LogP contribution < -0.4 is 14.4 Å². The summed E-state index contributed by atoms with van der Waals surface area (Å²) in [5.41, 5.74) is 3.25. The molecule has 8 nitrogen and oxygen atoms in total. The van der Waals surface area contributed by atoms with E-state index in [0.29, 0.717) is 50.5 Å². The standard InChI is InChI=1S/C35H43ClN2O6S/c1-23(43-2)9-13-28-7-3-4-8-32(39)29-14-10-26(29)20-38-21-35(17-5-6-24-18-27(36)12-15-30(24)35)22-44-33-16-11-25(19-31(33)38)34(40)37-45(28,41)42/h4,8,11-12,15-16,18-19,26,28-29,32,39H,1,3,5-7,9-10,13-14,17,20-22H2,2H3,(H,37,40)/b8-4+/t26-,28+,29+,32-,35-/m0/s1. The third kappa shape index (κ3) is 6.62. The number of hydrogen-bond acceptors (Lipinski definition) is 7. The number of aryl methyl sites for hydroxylation is 1. The van der Waals surface area contributed by atoms with Gasteiger partial charge in [-0.3, -0.25) is 4.79 Å². The minimum atomic E-state index is -4.02. The van der Waals surface area contributed by atoms with E-state index in [2.05, 4.69) is 28.3 Å². The largest absolute Gasteiger partial charge is 0.502 e. The second kappa shape index (κ2) is 13.0. The van der Waals surface area contributed by atoms with Gasteiger partial charge < -0.3 is 19.5 Å². The number of aliphatic hydroxyl groups excluding tert-OH is 1. The normalized spacial score (nSPS) is 30.0. The highest BCUT2D eigenvalue weighted by Crippen LogP contribution is 2.46. The Morgan fingerprint density at radius 3 is 2.84 bits per heavy atom. The van der Waals surface area contributed by atoms with Gasteiger partial charge in [0, 0.05) is 35.5 Å². The summed E-state index contributed by atoms with van der Waals surface area (Å²) in [7, 11) is -2.52. The van der Waals surface area contributed by atoms with Crippen molar-refractivity contribution in [2.24, 2.45) is 11.8 Å². The van der Waals surface area contributed by atoms with Crippen LogP contribution in [0.4, 0.5) is 5.69 Å². The number of allylic oxidation sites excluding steroid dienone is 2. The van der Waals surface area contributed by atoms with E-state index in [1.807, 2.05) is 18.2 Å². The van der Waals surface area contributed by atoms with Crippen LogP contribution in [0.2, 0.25) is 5.02 Å². The number of anilines is 1. The zero-order chi connectivity index (χ0) is 31.8. The molecule has 1 fully saturated rings. The summed E-state index contributed by atoms with van der Waals surface area (Å²) in [6.07, 6.45) is 9.33. The molecular weight excluding hydrogens is 612 g/mol. The average molecular weight is 655 g/mol. The lowest BCUT2D eigenvalue weighted by molar-refractivity contribution is 0.0456.